The number of hydrogen-bond acceptors (Lipinski definition) is 2. The molecule has 1 unspecified atom stereocenters. The molecule has 0 aromatic heterocycles. The maximum absolute atomic E-state index is 11.7. The van der Waals surface area contributed by atoms with E-state index in [2.05, 4.69) is 26.1 Å². The van der Waals surface area contributed by atoms with E-state index in [0.717, 1.165) is 6.42 Å². The molecule has 0 radical (unpaired) electrons. The summed E-state index contributed by atoms with van der Waals surface area (Å²) in [6.07, 6.45) is 2.59. The highest BCUT2D eigenvalue weighted by atomic mass is 16.4. The molecule has 0 bridgehead atoms. The third-order valence-corrected chi connectivity index (χ3v) is 3.79. The van der Waals surface area contributed by atoms with Crippen molar-refractivity contribution in [2.24, 2.45) is 17.8 Å². The number of hydrogen-bond donors (Lipinski definition) is 2. The van der Waals surface area contributed by atoms with E-state index < -0.39 is 5.97 Å². The monoisotopic (exact) mass is 241 g/mol. The summed E-state index contributed by atoms with van der Waals surface area (Å²) >= 11 is 0. The van der Waals surface area contributed by atoms with Gasteiger partial charge in [0.1, 0.15) is 0 Å². The van der Waals surface area contributed by atoms with Crippen LogP contribution in [0, 0.1) is 17.8 Å². The average Bonchev–Trinajstić information content (AvgIpc) is 2.65. The fourth-order valence-electron chi connectivity index (χ4n) is 2.15. The summed E-state index contributed by atoms with van der Waals surface area (Å²) in [5.41, 5.74) is 0. The number of carboxylic acids is 1. The molecule has 4 heteroatoms. The SMILES string of the molecule is CC(C)C(C)CC(=O)N[C@H]1CC[C@@H](C(=O)O)C1. The van der Waals surface area contributed by atoms with Crippen molar-refractivity contribution in [1.82, 2.24) is 5.32 Å². The Hall–Kier alpha value is -1.06. The van der Waals surface area contributed by atoms with Crippen LogP contribution in [0.2, 0.25) is 0 Å². The summed E-state index contributed by atoms with van der Waals surface area (Å²) in [5, 5.41) is 11.8. The van der Waals surface area contributed by atoms with Crippen molar-refractivity contribution in [2.45, 2.75) is 52.5 Å². The third kappa shape index (κ3) is 4.36. The zero-order valence-electron chi connectivity index (χ0n) is 10.9. The van der Waals surface area contributed by atoms with E-state index in [9.17, 15) is 9.59 Å². The molecular weight excluding hydrogens is 218 g/mol. The molecular formula is C13H23NO3. The predicted octanol–water partition coefficient (Wildman–Crippen LogP) is 2.04. The number of carboxylic acid groups (broad SMARTS) is 1. The molecule has 0 aliphatic heterocycles. The van der Waals surface area contributed by atoms with Crippen LogP contribution in [0.1, 0.15) is 46.5 Å². The van der Waals surface area contributed by atoms with Gasteiger partial charge in [0.15, 0.2) is 0 Å². The molecule has 1 saturated carbocycles. The Morgan fingerprint density at radius 1 is 1.29 bits per heavy atom. The number of amides is 1. The Morgan fingerprint density at radius 2 is 1.94 bits per heavy atom. The summed E-state index contributed by atoms with van der Waals surface area (Å²) in [7, 11) is 0. The van der Waals surface area contributed by atoms with Crippen LogP contribution in [0.15, 0.2) is 0 Å². The topological polar surface area (TPSA) is 66.4 Å². The Balaban J connectivity index is 2.31. The molecule has 4 nitrogen and oxygen atoms in total. The van der Waals surface area contributed by atoms with Gasteiger partial charge in [-0.25, -0.2) is 0 Å². The van der Waals surface area contributed by atoms with E-state index in [0.29, 0.717) is 31.1 Å². The van der Waals surface area contributed by atoms with Crippen LogP contribution >= 0.6 is 0 Å². The number of nitrogens with one attached hydrogen (secondary N) is 1. The number of rotatable bonds is 5. The van der Waals surface area contributed by atoms with Crippen molar-refractivity contribution in [2.75, 3.05) is 0 Å². The van der Waals surface area contributed by atoms with Crippen molar-refractivity contribution in [3.05, 3.63) is 0 Å². The Morgan fingerprint density at radius 3 is 2.41 bits per heavy atom. The van der Waals surface area contributed by atoms with Crippen molar-refractivity contribution in [3.8, 4) is 0 Å². The standard InChI is InChI=1S/C13H23NO3/c1-8(2)9(3)6-12(15)14-11-5-4-10(7-11)13(16)17/h8-11H,4-7H2,1-3H3,(H,14,15)(H,16,17)/t9?,10-,11+/m1/s1. The second kappa shape index (κ2) is 6.03. The van der Waals surface area contributed by atoms with E-state index >= 15 is 0 Å². The highest BCUT2D eigenvalue weighted by Gasteiger charge is 2.30. The van der Waals surface area contributed by atoms with Gasteiger partial charge >= 0.3 is 5.97 Å². The second-order valence-corrected chi connectivity index (χ2v) is 5.54. The van der Waals surface area contributed by atoms with E-state index in [1.54, 1.807) is 0 Å². The first-order valence-corrected chi connectivity index (χ1v) is 6.42. The molecule has 0 aromatic rings. The Labute approximate surface area is 103 Å². The first-order valence-electron chi connectivity index (χ1n) is 6.42. The van der Waals surface area contributed by atoms with Gasteiger partial charge in [-0.2, -0.15) is 0 Å². The minimum Gasteiger partial charge on any atom is -0.481 e. The van der Waals surface area contributed by atoms with Crippen molar-refractivity contribution < 1.29 is 14.7 Å². The van der Waals surface area contributed by atoms with Crippen molar-refractivity contribution >= 4 is 11.9 Å². The lowest BCUT2D eigenvalue weighted by Crippen LogP contribution is -2.34. The molecule has 0 saturated heterocycles. The van der Waals surface area contributed by atoms with Gasteiger partial charge in [0.2, 0.25) is 5.91 Å². The molecule has 0 heterocycles. The minimum absolute atomic E-state index is 0.0576. The van der Waals surface area contributed by atoms with Gasteiger partial charge in [-0.1, -0.05) is 20.8 Å². The molecule has 1 rings (SSSR count). The summed E-state index contributed by atoms with van der Waals surface area (Å²) in [6, 6.07) is 0.0583. The average molecular weight is 241 g/mol. The van der Waals surface area contributed by atoms with Gasteiger partial charge in [0.25, 0.3) is 0 Å². The van der Waals surface area contributed by atoms with Crippen LogP contribution in [0.5, 0.6) is 0 Å². The summed E-state index contributed by atoms with van der Waals surface area (Å²) in [4.78, 5) is 22.5. The van der Waals surface area contributed by atoms with Gasteiger partial charge in [-0.15, -0.1) is 0 Å². The lowest BCUT2D eigenvalue weighted by atomic mass is 9.94. The Kier molecular flexibility index (Phi) is 4.97. The highest BCUT2D eigenvalue weighted by Crippen LogP contribution is 2.26. The molecule has 1 aliphatic rings. The number of aliphatic carboxylic acids is 1. The normalized spacial score (nSPS) is 25.9. The Bertz CT molecular complexity index is 288. The van der Waals surface area contributed by atoms with Gasteiger partial charge in [0, 0.05) is 12.5 Å². The molecule has 0 aromatic carbocycles. The van der Waals surface area contributed by atoms with Gasteiger partial charge in [-0.05, 0) is 31.1 Å². The van der Waals surface area contributed by atoms with E-state index in [4.69, 9.17) is 5.11 Å². The van der Waals surface area contributed by atoms with Crippen LogP contribution in [0.4, 0.5) is 0 Å². The van der Waals surface area contributed by atoms with Gasteiger partial charge < -0.3 is 10.4 Å². The van der Waals surface area contributed by atoms with Crippen LogP contribution in [-0.2, 0) is 9.59 Å². The molecule has 1 aliphatic carbocycles. The van der Waals surface area contributed by atoms with E-state index in [1.807, 2.05) is 0 Å². The van der Waals surface area contributed by atoms with Crippen LogP contribution < -0.4 is 5.32 Å². The lowest BCUT2D eigenvalue weighted by molar-refractivity contribution is -0.141. The van der Waals surface area contributed by atoms with Crippen LogP contribution in [0.3, 0.4) is 0 Å². The molecule has 1 fully saturated rings. The number of carbonyl (C=O) groups excluding carboxylic acids is 1. The van der Waals surface area contributed by atoms with Crippen molar-refractivity contribution in [3.63, 3.8) is 0 Å². The van der Waals surface area contributed by atoms with Gasteiger partial charge in [0.05, 0.1) is 5.92 Å². The summed E-state index contributed by atoms with van der Waals surface area (Å²) in [5.74, 6) is -0.0925. The molecule has 3 atom stereocenters. The van der Waals surface area contributed by atoms with E-state index in [1.165, 1.54) is 0 Å². The maximum atomic E-state index is 11.7. The quantitative estimate of drug-likeness (QED) is 0.774. The van der Waals surface area contributed by atoms with Crippen LogP contribution in [0.25, 0.3) is 0 Å². The second-order valence-electron chi connectivity index (χ2n) is 5.54. The number of carbonyl (C=O) groups is 2. The zero-order chi connectivity index (χ0) is 13.0. The van der Waals surface area contributed by atoms with E-state index in [-0.39, 0.29) is 17.9 Å². The third-order valence-electron chi connectivity index (χ3n) is 3.79. The minimum atomic E-state index is -0.739. The molecule has 1 amide bonds. The molecule has 17 heavy (non-hydrogen) atoms. The first kappa shape index (κ1) is 14.0. The molecule has 98 valence electrons. The predicted molar refractivity (Wildman–Crippen MR) is 65.5 cm³/mol. The summed E-state index contributed by atoms with van der Waals surface area (Å²) < 4.78 is 0. The van der Waals surface area contributed by atoms with Gasteiger partial charge in [-0.3, -0.25) is 9.59 Å². The fourth-order valence-corrected chi connectivity index (χ4v) is 2.15. The lowest BCUT2D eigenvalue weighted by Gasteiger charge is -2.17. The fraction of sp³-hybridized carbons (Fsp3) is 0.846. The van der Waals surface area contributed by atoms with Crippen LogP contribution in [-0.4, -0.2) is 23.0 Å². The first-order chi connectivity index (χ1) is 7.90. The zero-order valence-corrected chi connectivity index (χ0v) is 10.9. The molecule has 0 spiro atoms. The largest absolute Gasteiger partial charge is 0.481 e. The van der Waals surface area contributed by atoms with Crippen molar-refractivity contribution in [1.29, 1.82) is 0 Å². The smallest absolute Gasteiger partial charge is 0.306 e. The summed E-state index contributed by atoms with van der Waals surface area (Å²) in [6.45, 7) is 6.28. The molecule has 2 N–H and O–H groups in total. The maximum Gasteiger partial charge on any atom is 0.306 e. The highest BCUT2D eigenvalue weighted by molar-refractivity contribution is 5.77.